The highest BCUT2D eigenvalue weighted by molar-refractivity contribution is 5.71. The first kappa shape index (κ1) is 10.2. The number of allylic oxidation sites excluding steroid dienone is 2. The SMILES string of the molecule is COC1C=CC=C(C)C1(C=O)OC. The molecule has 0 amide bonds. The highest BCUT2D eigenvalue weighted by Gasteiger charge is 2.41. The van der Waals surface area contributed by atoms with E-state index in [-0.39, 0.29) is 6.10 Å². The first-order valence-corrected chi connectivity index (χ1v) is 4.11. The van der Waals surface area contributed by atoms with E-state index in [9.17, 15) is 4.79 Å². The second-order valence-corrected chi connectivity index (χ2v) is 3.01. The van der Waals surface area contributed by atoms with Crippen LogP contribution in [0.4, 0.5) is 0 Å². The van der Waals surface area contributed by atoms with Gasteiger partial charge in [-0.05, 0) is 12.5 Å². The topological polar surface area (TPSA) is 35.5 Å². The summed E-state index contributed by atoms with van der Waals surface area (Å²) >= 11 is 0. The van der Waals surface area contributed by atoms with Crippen LogP contribution in [-0.2, 0) is 14.3 Å². The molecule has 0 heterocycles. The third kappa shape index (κ3) is 1.45. The maximum Gasteiger partial charge on any atom is 0.173 e. The smallest absolute Gasteiger partial charge is 0.173 e. The lowest BCUT2D eigenvalue weighted by Crippen LogP contribution is -2.48. The van der Waals surface area contributed by atoms with Crippen molar-refractivity contribution in [3.05, 3.63) is 23.8 Å². The lowest BCUT2D eigenvalue weighted by atomic mass is 9.86. The summed E-state index contributed by atoms with van der Waals surface area (Å²) in [5, 5.41) is 0. The molecular weight excluding hydrogens is 168 g/mol. The summed E-state index contributed by atoms with van der Waals surface area (Å²) in [6.07, 6.45) is 5.99. The molecular formula is C10H14O3. The molecule has 0 aromatic carbocycles. The second kappa shape index (κ2) is 3.85. The van der Waals surface area contributed by atoms with Gasteiger partial charge in [0.1, 0.15) is 6.10 Å². The highest BCUT2D eigenvalue weighted by Crippen LogP contribution is 2.28. The molecule has 0 fully saturated rings. The van der Waals surface area contributed by atoms with E-state index in [1.165, 1.54) is 7.11 Å². The predicted molar refractivity (Wildman–Crippen MR) is 49.5 cm³/mol. The number of ether oxygens (including phenoxy) is 2. The van der Waals surface area contributed by atoms with Gasteiger partial charge in [-0.25, -0.2) is 0 Å². The Labute approximate surface area is 78.0 Å². The third-order valence-electron chi connectivity index (χ3n) is 2.44. The lowest BCUT2D eigenvalue weighted by Gasteiger charge is -2.34. The maximum atomic E-state index is 11.0. The van der Waals surface area contributed by atoms with Crippen LogP contribution in [0.5, 0.6) is 0 Å². The average molecular weight is 182 g/mol. The van der Waals surface area contributed by atoms with Crippen LogP contribution in [0.25, 0.3) is 0 Å². The standard InChI is InChI=1S/C10H14O3/c1-8-5-4-6-9(12-2)10(8,7-11)13-3/h4-7,9H,1-3H3. The molecule has 3 heteroatoms. The molecule has 72 valence electrons. The molecule has 0 N–H and O–H groups in total. The minimum absolute atomic E-state index is 0.333. The maximum absolute atomic E-state index is 11.0. The summed E-state index contributed by atoms with van der Waals surface area (Å²) in [6, 6.07) is 0. The van der Waals surface area contributed by atoms with Crippen molar-refractivity contribution in [2.75, 3.05) is 14.2 Å². The Morgan fingerprint density at radius 3 is 2.62 bits per heavy atom. The van der Waals surface area contributed by atoms with Crippen molar-refractivity contribution < 1.29 is 14.3 Å². The first-order chi connectivity index (χ1) is 6.21. The van der Waals surface area contributed by atoms with Gasteiger partial charge in [0.2, 0.25) is 0 Å². The molecule has 0 spiro atoms. The summed E-state index contributed by atoms with van der Waals surface area (Å²) in [7, 11) is 3.07. The van der Waals surface area contributed by atoms with Crippen molar-refractivity contribution in [1.82, 2.24) is 0 Å². The molecule has 0 saturated carbocycles. The number of hydrogen-bond acceptors (Lipinski definition) is 3. The van der Waals surface area contributed by atoms with Crippen LogP contribution in [-0.4, -0.2) is 32.2 Å². The van der Waals surface area contributed by atoms with Gasteiger partial charge >= 0.3 is 0 Å². The average Bonchev–Trinajstić information content (AvgIpc) is 2.18. The van der Waals surface area contributed by atoms with Gasteiger partial charge in [0.25, 0.3) is 0 Å². The van der Waals surface area contributed by atoms with Crippen LogP contribution in [0, 0.1) is 0 Å². The van der Waals surface area contributed by atoms with Gasteiger partial charge < -0.3 is 9.47 Å². The van der Waals surface area contributed by atoms with Crippen LogP contribution in [0.15, 0.2) is 23.8 Å². The zero-order chi connectivity index (χ0) is 9.90. The van der Waals surface area contributed by atoms with Crippen molar-refractivity contribution in [2.24, 2.45) is 0 Å². The molecule has 0 bridgehead atoms. The number of aldehydes is 1. The van der Waals surface area contributed by atoms with Gasteiger partial charge in [-0.3, -0.25) is 4.79 Å². The van der Waals surface area contributed by atoms with Crippen molar-refractivity contribution >= 4 is 6.29 Å². The fraction of sp³-hybridized carbons (Fsp3) is 0.500. The lowest BCUT2D eigenvalue weighted by molar-refractivity contribution is -0.134. The third-order valence-corrected chi connectivity index (χ3v) is 2.44. The van der Waals surface area contributed by atoms with Crippen LogP contribution in [0.1, 0.15) is 6.92 Å². The zero-order valence-corrected chi connectivity index (χ0v) is 8.11. The van der Waals surface area contributed by atoms with Crippen LogP contribution < -0.4 is 0 Å². The van der Waals surface area contributed by atoms with E-state index in [0.29, 0.717) is 0 Å². The minimum Gasteiger partial charge on any atom is -0.374 e. The van der Waals surface area contributed by atoms with Crippen LogP contribution in [0.2, 0.25) is 0 Å². The summed E-state index contributed by atoms with van der Waals surface area (Å²) in [6.45, 7) is 1.85. The summed E-state index contributed by atoms with van der Waals surface area (Å²) < 4.78 is 10.4. The van der Waals surface area contributed by atoms with Crippen molar-refractivity contribution in [3.8, 4) is 0 Å². The Kier molecular flexibility index (Phi) is 3.01. The fourth-order valence-electron chi connectivity index (χ4n) is 1.54. The minimum atomic E-state index is -0.941. The van der Waals surface area contributed by atoms with Crippen LogP contribution >= 0.6 is 0 Å². The Bertz CT molecular complexity index is 255. The highest BCUT2D eigenvalue weighted by atomic mass is 16.5. The molecule has 2 atom stereocenters. The van der Waals surface area contributed by atoms with E-state index in [0.717, 1.165) is 11.9 Å². The van der Waals surface area contributed by atoms with Gasteiger partial charge in [-0.1, -0.05) is 18.2 Å². The predicted octanol–water partition coefficient (Wildman–Crippen LogP) is 1.10. The fourth-order valence-corrected chi connectivity index (χ4v) is 1.54. The van der Waals surface area contributed by atoms with E-state index in [1.807, 2.05) is 25.2 Å². The molecule has 0 aromatic heterocycles. The van der Waals surface area contributed by atoms with Crippen LogP contribution in [0.3, 0.4) is 0 Å². The Hall–Kier alpha value is -0.930. The molecule has 1 aliphatic carbocycles. The van der Waals surface area contributed by atoms with Gasteiger partial charge in [-0.15, -0.1) is 0 Å². The van der Waals surface area contributed by atoms with Gasteiger partial charge in [0.15, 0.2) is 11.9 Å². The van der Waals surface area contributed by atoms with Gasteiger partial charge in [0, 0.05) is 14.2 Å². The number of methoxy groups -OCH3 is 2. The summed E-state index contributed by atoms with van der Waals surface area (Å²) in [4.78, 5) is 11.0. The Balaban J connectivity index is 3.07. The van der Waals surface area contributed by atoms with E-state index >= 15 is 0 Å². The molecule has 0 radical (unpaired) electrons. The summed E-state index contributed by atoms with van der Waals surface area (Å²) in [5.41, 5.74) is -0.0805. The largest absolute Gasteiger partial charge is 0.374 e. The normalized spacial score (nSPS) is 32.8. The molecule has 1 aliphatic rings. The second-order valence-electron chi connectivity index (χ2n) is 3.01. The van der Waals surface area contributed by atoms with Crippen molar-refractivity contribution in [1.29, 1.82) is 0 Å². The van der Waals surface area contributed by atoms with E-state index in [1.54, 1.807) is 7.11 Å². The molecule has 3 nitrogen and oxygen atoms in total. The number of carbonyl (C=O) groups is 1. The number of carbonyl (C=O) groups excluding carboxylic acids is 1. The number of hydrogen-bond donors (Lipinski definition) is 0. The molecule has 1 rings (SSSR count). The first-order valence-electron chi connectivity index (χ1n) is 4.11. The molecule has 13 heavy (non-hydrogen) atoms. The molecule has 0 aromatic rings. The van der Waals surface area contributed by atoms with Crippen molar-refractivity contribution in [3.63, 3.8) is 0 Å². The summed E-state index contributed by atoms with van der Waals surface area (Å²) in [5.74, 6) is 0. The molecule has 2 unspecified atom stereocenters. The molecule has 0 aliphatic heterocycles. The monoisotopic (exact) mass is 182 g/mol. The van der Waals surface area contributed by atoms with E-state index < -0.39 is 5.60 Å². The van der Waals surface area contributed by atoms with E-state index in [2.05, 4.69) is 0 Å². The number of rotatable bonds is 3. The van der Waals surface area contributed by atoms with E-state index in [4.69, 9.17) is 9.47 Å². The van der Waals surface area contributed by atoms with Gasteiger partial charge in [0.05, 0.1) is 0 Å². The zero-order valence-electron chi connectivity index (χ0n) is 8.11. The quantitative estimate of drug-likeness (QED) is 0.613. The Morgan fingerprint density at radius 1 is 1.54 bits per heavy atom. The molecule has 0 saturated heterocycles. The van der Waals surface area contributed by atoms with Gasteiger partial charge in [-0.2, -0.15) is 0 Å². The van der Waals surface area contributed by atoms with Crippen molar-refractivity contribution in [2.45, 2.75) is 18.6 Å². The Morgan fingerprint density at radius 2 is 2.23 bits per heavy atom.